The second-order valence-electron chi connectivity index (χ2n) is 4.53. The fourth-order valence-electron chi connectivity index (χ4n) is 1.80. The van der Waals surface area contributed by atoms with E-state index in [4.69, 9.17) is 10.8 Å². The number of rotatable bonds is 6. The van der Waals surface area contributed by atoms with E-state index in [-0.39, 0.29) is 0 Å². The molecule has 1 amide bonds. The number of nitrogens with one attached hydrogen (secondary N) is 1. The van der Waals surface area contributed by atoms with Crippen molar-refractivity contribution in [1.82, 2.24) is 5.32 Å². The molecule has 5 heteroatoms. The average Bonchev–Trinajstić information content (AvgIpc) is 2.37. The van der Waals surface area contributed by atoms with Crippen molar-refractivity contribution in [1.29, 1.82) is 0 Å². The van der Waals surface area contributed by atoms with Gasteiger partial charge in [0.1, 0.15) is 6.04 Å². The van der Waals surface area contributed by atoms with Crippen LogP contribution in [-0.4, -0.2) is 23.0 Å². The molecule has 1 rings (SSSR count). The summed E-state index contributed by atoms with van der Waals surface area (Å²) >= 11 is 0. The van der Waals surface area contributed by atoms with Gasteiger partial charge in [-0.2, -0.15) is 0 Å². The highest BCUT2D eigenvalue weighted by Crippen LogP contribution is 2.15. The van der Waals surface area contributed by atoms with Crippen LogP contribution in [0, 0.1) is 6.92 Å². The lowest BCUT2D eigenvalue weighted by atomic mass is 10.0. The van der Waals surface area contributed by atoms with Crippen molar-refractivity contribution in [3.05, 3.63) is 29.3 Å². The Balaban J connectivity index is 2.82. The molecule has 1 unspecified atom stereocenters. The number of hydrogen-bond donors (Lipinski definition) is 3. The van der Waals surface area contributed by atoms with Gasteiger partial charge in [-0.25, -0.2) is 4.79 Å². The van der Waals surface area contributed by atoms with Crippen LogP contribution in [0.1, 0.15) is 42.1 Å². The zero-order chi connectivity index (χ0) is 14.4. The minimum absolute atomic E-state index is 0.395. The minimum Gasteiger partial charge on any atom is -0.480 e. The number of nitrogens with two attached hydrogens (primary N) is 1. The van der Waals surface area contributed by atoms with E-state index < -0.39 is 17.9 Å². The summed E-state index contributed by atoms with van der Waals surface area (Å²) in [6.45, 7) is 3.72. The van der Waals surface area contributed by atoms with Crippen molar-refractivity contribution in [3.8, 4) is 0 Å². The van der Waals surface area contributed by atoms with Gasteiger partial charge in [0.25, 0.3) is 5.91 Å². The Labute approximate surface area is 112 Å². The number of nitrogen functional groups attached to an aromatic ring is 1. The van der Waals surface area contributed by atoms with Crippen molar-refractivity contribution in [2.24, 2.45) is 0 Å². The van der Waals surface area contributed by atoms with E-state index in [9.17, 15) is 9.59 Å². The van der Waals surface area contributed by atoms with Crippen molar-refractivity contribution in [2.45, 2.75) is 39.2 Å². The third-order valence-electron chi connectivity index (χ3n) is 3.07. The molecule has 0 saturated heterocycles. The maximum atomic E-state index is 12.1. The summed E-state index contributed by atoms with van der Waals surface area (Å²) in [6.07, 6.45) is 2.07. The van der Waals surface area contributed by atoms with Gasteiger partial charge in [-0.1, -0.05) is 25.8 Å². The molecular formula is C14H20N2O3. The summed E-state index contributed by atoms with van der Waals surface area (Å²) < 4.78 is 0. The summed E-state index contributed by atoms with van der Waals surface area (Å²) in [5.41, 5.74) is 7.34. The number of hydrogen-bond acceptors (Lipinski definition) is 3. The number of anilines is 1. The molecule has 0 aromatic heterocycles. The first-order chi connectivity index (χ1) is 8.97. The first-order valence-electron chi connectivity index (χ1n) is 6.36. The predicted octanol–water partition coefficient (Wildman–Crippen LogP) is 1.95. The average molecular weight is 264 g/mol. The van der Waals surface area contributed by atoms with E-state index in [0.717, 1.165) is 12.8 Å². The Morgan fingerprint density at radius 2 is 2.11 bits per heavy atom. The lowest BCUT2D eigenvalue weighted by molar-refractivity contribution is -0.139. The van der Waals surface area contributed by atoms with Gasteiger partial charge in [-0.3, -0.25) is 4.79 Å². The molecule has 0 saturated carbocycles. The van der Waals surface area contributed by atoms with Gasteiger partial charge >= 0.3 is 5.97 Å². The van der Waals surface area contributed by atoms with Gasteiger partial charge in [-0.15, -0.1) is 0 Å². The fourth-order valence-corrected chi connectivity index (χ4v) is 1.80. The molecular weight excluding hydrogens is 244 g/mol. The Hall–Kier alpha value is -2.04. The monoisotopic (exact) mass is 264 g/mol. The number of carbonyl (C=O) groups is 2. The highest BCUT2D eigenvalue weighted by molar-refractivity contribution is 5.98. The Morgan fingerprint density at radius 3 is 2.68 bits per heavy atom. The van der Waals surface area contributed by atoms with E-state index in [0.29, 0.717) is 23.2 Å². The molecule has 19 heavy (non-hydrogen) atoms. The third kappa shape index (κ3) is 3.98. The number of amides is 1. The van der Waals surface area contributed by atoms with Gasteiger partial charge in [0.05, 0.1) is 0 Å². The summed E-state index contributed by atoms with van der Waals surface area (Å²) in [4.78, 5) is 23.2. The summed E-state index contributed by atoms with van der Waals surface area (Å²) in [5, 5.41) is 11.6. The molecule has 5 nitrogen and oxygen atoms in total. The first kappa shape index (κ1) is 15.0. The van der Waals surface area contributed by atoms with Crippen molar-refractivity contribution in [3.63, 3.8) is 0 Å². The molecule has 4 N–H and O–H groups in total. The topological polar surface area (TPSA) is 92.4 Å². The minimum atomic E-state index is -1.01. The van der Waals surface area contributed by atoms with Gasteiger partial charge in [0.15, 0.2) is 0 Å². The lowest BCUT2D eigenvalue weighted by Crippen LogP contribution is -2.41. The highest BCUT2D eigenvalue weighted by Gasteiger charge is 2.21. The standard InChI is InChI=1S/C14H20N2O3/c1-3-4-8-12(14(18)19)16-13(17)10-6-5-7-11(15)9(10)2/h5-7,12H,3-4,8,15H2,1-2H3,(H,16,17)(H,18,19). The van der Waals surface area contributed by atoms with Crippen molar-refractivity contribution in [2.75, 3.05) is 5.73 Å². The van der Waals surface area contributed by atoms with Gasteiger partial charge in [0.2, 0.25) is 0 Å². The summed E-state index contributed by atoms with van der Waals surface area (Å²) in [6, 6.07) is 4.17. The summed E-state index contributed by atoms with van der Waals surface area (Å²) in [5.74, 6) is -1.41. The molecule has 1 aromatic carbocycles. The van der Waals surface area contributed by atoms with Crippen LogP contribution in [0.2, 0.25) is 0 Å². The molecule has 0 heterocycles. The molecule has 0 bridgehead atoms. The number of carboxylic acid groups (broad SMARTS) is 1. The number of benzene rings is 1. The maximum Gasteiger partial charge on any atom is 0.326 e. The van der Waals surface area contributed by atoms with Crippen LogP contribution >= 0.6 is 0 Å². The Bertz CT molecular complexity index is 472. The normalized spacial score (nSPS) is 11.9. The van der Waals surface area contributed by atoms with Gasteiger partial charge in [0, 0.05) is 11.3 Å². The highest BCUT2D eigenvalue weighted by atomic mass is 16.4. The molecule has 0 fully saturated rings. The van der Waals surface area contributed by atoms with Crippen LogP contribution in [0.5, 0.6) is 0 Å². The van der Waals surface area contributed by atoms with Crippen LogP contribution in [0.4, 0.5) is 5.69 Å². The molecule has 0 spiro atoms. The van der Waals surface area contributed by atoms with Crippen LogP contribution < -0.4 is 11.1 Å². The predicted molar refractivity (Wildman–Crippen MR) is 74.0 cm³/mol. The third-order valence-corrected chi connectivity index (χ3v) is 3.07. The zero-order valence-electron chi connectivity index (χ0n) is 11.3. The molecule has 0 radical (unpaired) electrons. The zero-order valence-corrected chi connectivity index (χ0v) is 11.3. The quantitative estimate of drug-likeness (QED) is 0.685. The number of unbranched alkanes of at least 4 members (excludes halogenated alkanes) is 1. The molecule has 0 aliphatic rings. The smallest absolute Gasteiger partial charge is 0.326 e. The number of aliphatic carboxylic acids is 1. The fraction of sp³-hybridized carbons (Fsp3) is 0.429. The maximum absolute atomic E-state index is 12.1. The van der Waals surface area contributed by atoms with Crippen LogP contribution in [0.25, 0.3) is 0 Å². The van der Waals surface area contributed by atoms with Gasteiger partial charge in [-0.05, 0) is 31.0 Å². The molecule has 104 valence electrons. The van der Waals surface area contributed by atoms with Crippen molar-refractivity contribution < 1.29 is 14.7 Å². The largest absolute Gasteiger partial charge is 0.480 e. The van der Waals surface area contributed by atoms with Crippen LogP contribution in [0.15, 0.2) is 18.2 Å². The van der Waals surface area contributed by atoms with E-state index in [1.54, 1.807) is 25.1 Å². The lowest BCUT2D eigenvalue weighted by Gasteiger charge is -2.15. The van der Waals surface area contributed by atoms with Gasteiger partial charge < -0.3 is 16.2 Å². The molecule has 1 aromatic rings. The second-order valence-corrected chi connectivity index (χ2v) is 4.53. The van der Waals surface area contributed by atoms with Crippen molar-refractivity contribution >= 4 is 17.6 Å². The SMILES string of the molecule is CCCCC(NC(=O)c1cccc(N)c1C)C(=O)O. The number of carbonyl (C=O) groups excluding carboxylic acids is 1. The van der Waals surface area contributed by atoms with E-state index >= 15 is 0 Å². The van der Waals surface area contributed by atoms with E-state index in [1.807, 2.05) is 6.92 Å². The van der Waals surface area contributed by atoms with Crippen LogP contribution in [0.3, 0.4) is 0 Å². The second kappa shape index (κ2) is 6.78. The molecule has 0 aliphatic carbocycles. The first-order valence-corrected chi connectivity index (χ1v) is 6.36. The Morgan fingerprint density at radius 1 is 1.42 bits per heavy atom. The summed E-state index contributed by atoms with van der Waals surface area (Å²) in [7, 11) is 0. The molecule has 0 aliphatic heterocycles. The Kier molecular flexibility index (Phi) is 5.36. The molecule has 1 atom stereocenters. The van der Waals surface area contributed by atoms with Crippen LogP contribution in [-0.2, 0) is 4.79 Å². The van der Waals surface area contributed by atoms with E-state index in [2.05, 4.69) is 5.32 Å². The van der Waals surface area contributed by atoms with E-state index in [1.165, 1.54) is 0 Å². The number of carboxylic acids is 1.